The van der Waals surface area contributed by atoms with Gasteiger partial charge in [0.05, 0.1) is 12.7 Å². The molecule has 2 aromatic rings. The summed E-state index contributed by atoms with van der Waals surface area (Å²) in [7, 11) is 0. The van der Waals surface area contributed by atoms with Crippen LogP contribution >= 0.6 is 0 Å². The van der Waals surface area contributed by atoms with Gasteiger partial charge >= 0.3 is 0 Å². The van der Waals surface area contributed by atoms with Crippen LogP contribution in [0.3, 0.4) is 0 Å². The quantitative estimate of drug-likeness (QED) is 0.757. The number of likely N-dealkylation sites (N-methyl/N-ethyl adjacent to an activating group) is 1. The van der Waals surface area contributed by atoms with Crippen LogP contribution in [0.15, 0.2) is 42.5 Å². The lowest BCUT2D eigenvalue weighted by Gasteiger charge is -2.24. The second-order valence-electron chi connectivity index (χ2n) is 5.17. The second-order valence-corrected chi connectivity index (χ2v) is 5.17. The van der Waals surface area contributed by atoms with Crippen LogP contribution in [0.2, 0.25) is 0 Å². The van der Waals surface area contributed by atoms with E-state index in [2.05, 4.69) is 30.0 Å². The first-order valence-corrected chi connectivity index (χ1v) is 7.72. The van der Waals surface area contributed by atoms with Gasteiger partial charge in [0.2, 0.25) is 0 Å². The normalized spacial score (nSPS) is 13.0. The predicted octanol–water partition coefficient (Wildman–Crippen LogP) is 3.23. The zero-order chi connectivity index (χ0) is 15.1. The lowest BCUT2D eigenvalue weighted by atomic mass is 10.00. The minimum Gasteiger partial charge on any atom is -0.387 e. The van der Waals surface area contributed by atoms with Crippen molar-refractivity contribution in [2.45, 2.75) is 20.0 Å². The molecule has 0 aliphatic carbocycles. The molecule has 2 rings (SSSR count). The van der Waals surface area contributed by atoms with Gasteiger partial charge in [-0.3, -0.25) is 4.90 Å². The highest BCUT2D eigenvalue weighted by Gasteiger charge is 2.14. The maximum atomic E-state index is 10.6. The number of hydrogen-bond acceptors (Lipinski definition) is 3. The predicted molar refractivity (Wildman–Crippen MR) is 87.5 cm³/mol. The van der Waals surface area contributed by atoms with Gasteiger partial charge in [0.1, 0.15) is 0 Å². The van der Waals surface area contributed by atoms with Crippen molar-refractivity contribution in [1.29, 1.82) is 0 Å². The van der Waals surface area contributed by atoms with E-state index >= 15 is 0 Å². The number of aliphatic hydroxyl groups is 1. The van der Waals surface area contributed by atoms with E-state index in [4.69, 9.17) is 4.74 Å². The number of aliphatic hydroxyl groups excluding tert-OH is 1. The molecule has 2 aromatic carbocycles. The average Bonchev–Trinajstić information content (AvgIpc) is 2.53. The minimum absolute atomic E-state index is 0.474. The van der Waals surface area contributed by atoms with E-state index in [0.29, 0.717) is 13.2 Å². The number of ether oxygens (including phenoxy) is 1. The smallest absolute Gasteiger partial charge is 0.0922 e. The van der Waals surface area contributed by atoms with E-state index in [9.17, 15) is 5.11 Å². The second kappa shape index (κ2) is 8.13. The van der Waals surface area contributed by atoms with E-state index in [1.165, 1.54) is 5.39 Å². The third-order valence-electron chi connectivity index (χ3n) is 3.82. The van der Waals surface area contributed by atoms with Gasteiger partial charge in [0.25, 0.3) is 0 Å². The zero-order valence-electron chi connectivity index (χ0n) is 13.0. The number of rotatable bonds is 8. The van der Waals surface area contributed by atoms with Gasteiger partial charge in [-0.15, -0.1) is 0 Å². The van der Waals surface area contributed by atoms with Crippen LogP contribution in [0, 0.1) is 0 Å². The van der Waals surface area contributed by atoms with Crippen molar-refractivity contribution in [2.24, 2.45) is 0 Å². The van der Waals surface area contributed by atoms with Gasteiger partial charge in [-0.2, -0.15) is 0 Å². The van der Waals surface area contributed by atoms with Crippen LogP contribution < -0.4 is 0 Å². The molecule has 0 bridgehead atoms. The van der Waals surface area contributed by atoms with E-state index in [0.717, 1.165) is 30.6 Å². The number of benzene rings is 2. The molecule has 0 fully saturated rings. The molecule has 0 aliphatic rings. The third kappa shape index (κ3) is 4.27. The van der Waals surface area contributed by atoms with Crippen molar-refractivity contribution < 1.29 is 9.84 Å². The molecule has 0 saturated heterocycles. The fourth-order valence-corrected chi connectivity index (χ4v) is 2.60. The van der Waals surface area contributed by atoms with Gasteiger partial charge in [-0.1, -0.05) is 49.4 Å². The molecule has 0 aliphatic heterocycles. The minimum atomic E-state index is -0.474. The Morgan fingerprint density at radius 2 is 1.86 bits per heavy atom. The van der Waals surface area contributed by atoms with Gasteiger partial charge in [-0.05, 0) is 29.8 Å². The first-order valence-electron chi connectivity index (χ1n) is 7.72. The zero-order valence-corrected chi connectivity index (χ0v) is 13.0. The summed E-state index contributed by atoms with van der Waals surface area (Å²) >= 11 is 0. The largest absolute Gasteiger partial charge is 0.387 e. The van der Waals surface area contributed by atoms with Crippen LogP contribution in [-0.2, 0) is 4.74 Å². The molecular formula is C18H25NO2. The van der Waals surface area contributed by atoms with Crippen LogP contribution in [0.5, 0.6) is 0 Å². The number of fused-ring (bicyclic) bond motifs is 1. The summed E-state index contributed by atoms with van der Waals surface area (Å²) in [6.45, 7) is 7.97. The Morgan fingerprint density at radius 1 is 1.10 bits per heavy atom. The molecule has 3 heteroatoms. The molecule has 0 radical (unpaired) electrons. The Hall–Kier alpha value is -1.42. The number of hydrogen-bond donors (Lipinski definition) is 1. The van der Waals surface area contributed by atoms with Crippen molar-refractivity contribution >= 4 is 10.8 Å². The summed E-state index contributed by atoms with van der Waals surface area (Å²) in [4.78, 5) is 2.22. The Labute approximate surface area is 127 Å². The van der Waals surface area contributed by atoms with Crippen molar-refractivity contribution in [3.05, 3.63) is 48.0 Å². The van der Waals surface area contributed by atoms with E-state index < -0.39 is 6.10 Å². The Balaban J connectivity index is 2.08. The average molecular weight is 287 g/mol. The molecule has 0 aromatic heterocycles. The molecule has 1 N–H and O–H groups in total. The summed E-state index contributed by atoms with van der Waals surface area (Å²) in [6, 6.07) is 14.3. The highest BCUT2D eigenvalue weighted by atomic mass is 16.5. The summed E-state index contributed by atoms with van der Waals surface area (Å²) in [5.74, 6) is 0. The third-order valence-corrected chi connectivity index (χ3v) is 3.82. The fraction of sp³-hybridized carbons (Fsp3) is 0.444. The topological polar surface area (TPSA) is 32.7 Å². The Kier molecular flexibility index (Phi) is 6.18. The van der Waals surface area contributed by atoms with Crippen LogP contribution in [-0.4, -0.2) is 42.9 Å². The molecular weight excluding hydrogens is 262 g/mol. The number of nitrogens with zero attached hydrogens (tertiary/aromatic N) is 1. The summed E-state index contributed by atoms with van der Waals surface area (Å²) < 4.78 is 5.40. The molecule has 1 unspecified atom stereocenters. The monoisotopic (exact) mass is 287 g/mol. The van der Waals surface area contributed by atoms with Crippen LogP contribution in [0.4, 0.5) is 0 Å². The van der Waals surface area contributed by atoms with Crippen molar-refractivity contribution in [1.82, 2.24) is 4.90 Å². The molecule has 114 valence electrons. The SMILES string of the molecule is CCOCCN(CC)CC(O)c1cccc2ccccc12. The molecule has 1 atom stereocenters. The summed E-state index contributed by atoms with van der Waals surface area (Å²) in [5.41, 5.74) is 1.00. The maximum absolute atomic E-state index is 10.6. The van der Waals surface area contributed by atoms with Crippen molar-refractivity contribution in [3.63, 3.8) is 0 Å². The Morgan fingerprint density at radius 3 is 2.62 bits per heavy atom. The first kappa shape index (κ1) is 16.0. The van der Waals surface area contributed by atoms with Gasteiger partial charge < -0.3 is 9.84 Å². The van der Waals surface area contributed by atoms with Crippen LogP contribution in [0.25, 0.3) is 10.8 Å². The standard InChI is InChI=1S/C18H25NO2/c1-3-19(12-13-21-4-2)14-18(20)17-11-7-9-15-8-5-6-10-16(15)17/h5-11,18,20H,3-4,12-14H2,1-2H3. The summed E-state index contributed by atoms with van der Waals surface area (Å²) in [5, 5.41) is 12.9. The van der Waals surface area contributed by atoms with E-state index in [1.54, 1.807) is 0 Å². The van der Waals surface area contributed by atoms with Crippen molar-refractivity contribution in [2.75, 3.05) is 32.8 Å². The molecule has 0 heterocycles. The molecule has 0 spiro atoms. The van der Waals surface area contributed by atoms with Crippen molar-refractivity contribution in [3.8, 4) is 0 Å². The molecule has 0 saturated carbocycles. The summed E-state index contributed by atoms with van der Waals surface area (Å²) in [6.07, 6.45) is -0.474. The van der Waals surface area contributed by atoms with Gasteiger partial charge in [0.15, 0.2) is 0 Å². The fourth-order valence-electron chi connectivity index (χ4n) is 2.60. The maximum Gasteiger partial charge on any atom is 0.0922 e. The van der Waals surface area contributed by atoms with Gasteiger partial charge in [0, 0.05) is 19.7 Å². The highest BCUT2D eigenvalue weighted by molar-refractivity contribution is 5.85. The van der Waals surface area contributed by atoms with Gasteiger partial charge in [-0.25, -0.2) is 0 Å². The molecule has 0 amide bonds. The highest BCUT2D eigenvalue weighted by Crippen LogP contribution is 2.24. The van der Waals surface area contributed by atoms with Crippen LogP contribution in [0.1, 0.15) is 25.5 Å². The first-order chi connectivity index (χ1) is 10.3. The van der Waals surface area contributed by atoms with E-state index in [-0.39, 0.29) is 0 Å². The molecule has 21 heavy (non-hydrogen) atoms. The Bertz CT molecular complexity index is 550. The lowest BCUT2D eigenvalue weighted by molar-refractivity contribution is 0.0797. The lowest BCUT2D eigenvalue weighted by Crippen LogP contribution is -2.31. The van der Waals surface area contributed by atoms with E-state index in [1.807, 2.05) is 31.2 Å². The molecule has 3 nitrogen and oxygen atoms in total.